The molecule has 0 aliphatic carbocycles. The molecule has 2 fully saturated rings. The number of aldehydes is 1. The summed E-state index contributed by atoms with van der Waals surface area (Å²) in [6.45, 7) is 5.33. The van der Waals surface area contributed by atoms with Gasteiger partial charge in [-0.15, -0.1) is 0 Å². The van der Waals surface area contributed by atoms with E-state index in [2.05, 4.69) is 20.9 Å². The highest BCUT2D eigenvalue weighted by Crippen LogP contribution is 2.21. The first kappa shape index (κ1) is 25.6. The maximum Gasteiger partial charge on any atom is 0.246 e. The van der Waals surface area contributed by atoms with Crippen molar-refractivity contribution in [1.82, 2.24) is 20.9 Å². The van der Waals surface area contributed by atoms with Crippen LogP contribution < -0.4 is 27.4 Å². The number of aliphatic imine (C=N–C) groups is 1. The quantitative estimate of drug-likeness (QED) is 0.111. The van der Waals surface area contributed by atoms with Crippen LogP contribution in [0.25, 0.3) is 0 Å². The predicted octanol–water partition coefficient (Wildman–Crippen LogP) is -1.39. The van der Waals surface area contributed by atoms with Crippen molar-refractivity contribution in [1.29, 1.82) is 0 Å². The zero-order valence-corrected chi connectivity index (χ0v) is 19.0. The lowest BCUT2D eigenvalue weighted by atomic mass is 10.0. The van der Waals surface area contributed by atoms with Gasteiger partial charge in [-0.2, -0.15) is 0 Å². The van der Waals surface area contributed by atoms with Crippen LogP contribution in [-0.4, -0.2) is 78.7 Å². The molecular formula is C21H37N7O4. The van der Waals surface area contributed by atoms with Crippen LogP contribution >= 0.6 is 0 Å². The monoisotopic (exact) mass is 451 g/mol. The Morgan fingerprint density at radius 1 is 1.16 bits per heavy atom. The molecule has 0 aromatic carbocycles. The van der Waals surface area contributed by atoms with E-state index >= 15 is 0 Å². The van der Waals surface area contributed by atoms with Gasteiger partial charge in [-0.05, 0) is 51.0 Å². The Balaban J connectivity index is 1.97. The van der Waals surface area contributed by atoms with Crippen LogP contribution in [-0.2, 0) is 19.2 Å². The molecule has 3 amide bonds. The summed E-state index contributed by atoms with van der Waals surface area (Å²) in [6, 6.07) is -2.33. The number of hydrogen-bond acceptors (Lipinski definition) is 6. The summed E-state index contributed by atoms with van der Waals surface area (Å²) in [5.41, 5.74) is 10.6. The summed E-state index contributed by atoms with van der Waals surface area (Å²) in [7, 11) is 0. The highest BCUT2D eigenvalue weighted by Gasteiger charge is 2.39. The van der Waals surface area contributed by atoms with Gasteiger partial charge < -0.3 is 37.1 Å². The van der Waals surface area contributed by atoms with Crippen molar-refractivity contribution in [3.63, 3.8) is 0 Å². The molecule has 0 aromatic heterocycles. The molecule has 32 heavy (non-hydrogen) atoms. The number of guanidine groups is 1. The number of amides is 3. The van der Waals surface area contributed by atoms with Crippen LogP contribution in [0.4, 0.5) is 0 Å². The molecule has 11 heteroatoms. The first-order valence-corrected chi connectivity index (χ1v) is 11.4. The maximum atomic E-state index is 13.3. The number of carbonyl (C=O) groups is 4. The topological polar surface area (TPSA) is 172 Å². The fraction of sp³-hybridized carbons (Fsp3) is 0.762. The molecule has 2 heterocycles. The molecule has 0 spiro atoms. The van der Waals surface area contributed by atoms with Gasteiger partial charge in [-0.3, -0.25) is 19.4 Å². The molecule has 4 atom stereocenters. The van der Waals surface area contributed by atoms with Crippen LogP contribution in [0, 0.1) is 5.92 Å². The van der Waals surface area contributed by atoms with E-state index in [-0.39, 0.29) is 35.6 Å². The number of nitrogens with zero attached hydrogens (tertiary/aromatic N) is 2. The number of nitrogens with two attached hydrogens (primary N) is 2. The van der Waals surface area contributed by atoms with Crippen molar-refractivity contribution in [2.75, 3.05) is 19.6 Å². The van der Waals surface area contributed by atoms with Crippen LogP contribution in [0.2, 0.25) is 0 Å². The van der Waals surface area contributed by atoms with Crippen molar-refractivity contribution >= 4 is 30.0 Å². The Morgan fingerprint density at radius 3 is 2.50 bits per heavy atom. The molecule has 2 aliphatic rings. The molecule has 0 bridgehead atoms. The molecule has 11 nitrogen and oxygen atoms in total. The van der Waals surface area contributed by atoms with E-state index in [4.69, 9.17) is 11.5 Å². The number of likely N-dealkylation sites (tertiary alicyclic amines) is 1. The Labute approximate surface area is 189 Å². The lowest BCUT2D eigenvalue weighted by molar-refractivity contribution is -0.143. The SMILES string of the molecule is CC(C)[C@H](NC(=O)[C@@H]1CCCN1)C(=O)N1CCC[C@H]1C(=O)N[C@H](C=O)CCCN=C(N)N. The van der Waals surface area contributed by atoms with E-state index in [0.29, 0.717) is 45.1 Å². The molecule has 0 radical (unpaired) electrons. The van der Waals surface area contributed by atoms with Crippen molar-refractivity contribution in [3.8, 4) is 0 Å². The Hall–Kier alpha value is -2.69. The second kappa shape index (κ2) is 12.4. The summed E-state index contributed by atoms with van der Waals surface area (Å²) < 4.78 is 0. The summed E-state index contributed by atoms with van der Waals surface area (Å²) in [6.07, 6.45) is 4.48. The summed E-state index contributed by atoms with van der Waals surface area (Å²) >= 11 is 0. The molecular weight excluding hydrogens is 414 g/mol. The molecule has 2 rings (SSSR count). The summed E-state index contributed by atoms with van der Waals surface area (Å²) in [5.74, 6) is -0.959. The molecule has 7 N–H and O–H groups in total. The normalized spacial score (nSPS) is 22.3. The first-order chi connectivity index (χ1) is 15.2. The molecule has 0 saturated carbocycles. The van der Waals surface area contributed by atoms with Gasteiger partial charge in [0.2, 0.25) is 17.7 Å². The molecule has 2 saturated heterocycles. The van der Waals surface area contributed by atoms with Crippen LogP contribution in [0.3, 0.4) is 0 Å². The van der Waals surface area contributed by atoms with Gasteiger partial charge in [0, 0.05) is 13.1 Å². The first-order valence-electron chi connectivity index (χ1n) is 11.4. The van der Waals surface area contributed by atoms with Gasteiger partial charge in [0.05, 0.1) is 12.1 Å². The second-order valence-corrected chi connectivity index (χ2v) is 8.77. The predicted molar refractivity (Wildman–Crippen MR) is 120 cm³/mol. The lowest BCUT2D eigenvalue weighted by Gasteiger charge is -2.31. The zero-order valence-electron chi connectivity index (χ0n) is 19.0. The minimum atomic E-state index is -0.709. The standard InChI is InChI=1S/C21H37N7O4/c1-13(2)17(27-18(30)15-7-4-9-24-15)20(32)28-11-5-8-16(28)19(31)26-14(12-29)6-3-10-25-21(22)23/h12-17,24H,3-11H2,1-2H3,(H,26,31)(H,27,30)(H4,22,23,25)/t14-,15-,16-,17-/m0/s1. The minimum absolute atomic E-state index is 0.0210. The summed E-state index contributed by atoms with van der Waals surface area (Å²) in [4.78, 5) is 55.5. The van der Waals surface area contributed by atoms with Crippen molar-refractivity contribution < 1.29 is 19.2 Å². The Bertz CT molecular complexity index is 702. The Morgan fingerprint density at radius 2 is 1.91 bits per heavy atom. The third-order valence-electron chi connectivity index (χ3n) is 5.91. The van der Waals surface area contributed by atoms with E-state index in [0.717, 1.165) is 19.4 Å². The van der Waals surface area contributed by atoms with Gasteiger partial charge in [0.1, 0.15) is 18.4 Å². The zero-order chi connectivity index (χ0) is 23.7. The number of hydrogen-bond donors (Lipinski definition) is 5. The van der Waals surface area contributed by atoms with Gasteiger partial charge in [-0.25, -0.2) is 0 Å². The molecule has 0 aromatic rings. The van der Waals surface area contributed by atoms with Gasteiger partial charge in [-0.1, -0.05) is 13.8 Å². The minimum Gasteiger partial charge on any atom is -0.370 e. The average Bonchev–Trinajstić information content (AvgIpc) is 3.45. The lowest BCUT2D eigenvalue weighted by Crippen LogP contribution is -2.57. The average molecular weight is 452 g/mol. The third kappa shape index (κ3) is 7.18. The smallest absolute Gasteiger partial charge is 0.246 e. The van der Waals surface area contributed by atoms with E-state index < -0.39 is 18.1 Å². The van der Waals surface area contributed by atoms with Crippen LogP contribution in [0.15, 0.2) is 4.99 Å². The van der Waals surface area contributed by atoms with E-state index in [1.54, 1.807) is 0 Å². The molecule has 2 aliphatic heterocycles. The Kier molecular flexibility index (Phi) is 9.89. The molecule has 0 unspecified atom stereocenters. The van der Waals surface area contributed by atoms with Crippen molar-refractivity contribution in [3.05, 3.63) is 0 Å². The highest BCUT2D eigenvalue weighted by molar-refractivity contribution is 5.94. The maximum absolute atomic E-state index is 13.3. The van der Waals surface area contributed by atoms with Crippen LogP contribution in [0.5, 0.6) is 0 Å². The fourth-order valence-corrected chi connectivity index (χ4v) is 4.13. The summed E-state index contributed by atoms with van der Waals surface area (Å²) in [5, 5.41) is 8.74. The largest absolute Gasteiger partial charge is 0.370 e. The van der Waals surface area contributed by atoms with Gasteiger partial charge >= 0.3 is 0 Å². The number of nitrogens with one attached hydrogen (secondary N) is 3. The van der Waals surface area contributed by atoms with Crippen molar-refractivity contribution in [2.45, 2.75) is 76.5 Å². The van der Waals surface area contributed by atoms with Gasteiger partial charge in [0.15, 0.2) is 5.96 Å². The van der Waals surface area contributed by atoms with E-state index in [1.165, 1.54) is 4.90 Å². The van der Waals surface area contributed by atoms with Crippen LogP contribution in [0.1, 0.15) is 52.4 Å². The highest BCUT2D eigenvalue weighted by atomic mass is 16.2. The van der Waals surface area contributed by atoms with E-state index in [9.17, 15) is 19.2 Å². The van der Waals surface area contributed by atoms with E-state index in [1.807, 2.05) is 13.8 Å². The molecule has 180 valence electrons. The number of rotatable bonds is 11. The second-order valence-electron chi connectivity index (χ2n) is 8.77. The van der Waals surface area contributed by atoms with Gasteiger partial charge in [0.25, 0.3) is 0 Å². The van der Waals surface area contributed by atoms with Crippen molar-refractivity contribution in [2.24, 2.45) is 22.4 Å². The third-order valence-corrected chi connectivity index (χ3v) is 5.91. The number of carbonyl (C=O) groups excluding carboxylic acids is 4. The fourth-order valence-electron chi connectivity index (χ4n) is 4.13.